The zero-order valence-electron chi connectivity index (χ0n) is 13.0. The van der Waals surface area contributed by atoms with Crippen LogP contribution in [0.25, 0.3) is 0 Å². The van der Waals surface area contributed by atoms with E-state index in [0.29, 0.717) is 46.2 Å². The maximum absolute atomic E-state index is 5.83. The third-order valence-corrected chi connectivity index (χ3v) is 3.25. The highest BCUT2D eigenvalue weighted by atomic mass is 16.6. The van der Waals surface area contributed by atoms with Gasteiger partial charge in [-0.2, -0.15) is 0 Å². The average molecular weight is 290 g/mol. The van der Waals surface area contributed by atoms with Gasteiger partial charge in [0.25, 0.3) is 0 Å². The highest BCUT2D eigenvalue weighted by molar-refractivity contribution is 4.95. The zero-order valence-corrected chi connectivity index (χ0v) is 13.0. The van der Waals surface area contributed by atoms with Crippen LogP contribution < -0.4 is 0 Å². The Bertz CT molecular complexity index is 218. The van der Waals surface area contributed by atoms with E-state index >= 15 is 0 Å². The fourth-order valence-electron chi connectivity index (χ4n) is 1.76. The average Bonchev–Trinajstić information content (AvgIpc) is 3.22. The molecule has 1 fully saturated rings. The number of ether oxygens (including phenoxy) is 5. The molecule has 0 N–H and O–H groups in total. The lowest BCUT2D eigenvalue weighted by Crippen LogP contribution is -2.25. The first-order chi connectivity index (χ1) is 9.83. The molecule has 120 valence electrons. The molecule has 5 heteroatoms. The van der Waals surface area contributed by atoms with Crippen LogP contribution in [0.1, 0.15) is 32.6 Å². The smallest absolute Gasteiger partial charge is 0.0918 e. The molecule has 0 amide bonds. The van der Waals surface area contributed by atoms with E-state index in [9.17, 15) is 0 Å². The fraction of sp³-hybridized carbons (Fsp3) is 1.00. The van der Waals surface area contributed by atoms with Gasteiger partial charge < -0.3 is 23.7 Å². The Hall–Kier alpha value is -0.200. The predicted molar refractivity (Wildman–Crippen MR) is 77.2 cm³/mol. The van der Waals surface area contributed by atoms with Gasteiger partial charge in [-0.3, -0.25) is 0 Å². The number of methoxy groups -OCH3 is 1. The molecule has 5 nitrogen and oxygen atoms in total. The molecule has 1 aliphatic carbocycles. The van der Waals surface area contributed by atoms with Crippen LogP contribution >= 0.6 is 0 Å². The van der Waals surface area contributed by atoms with Crippen molar-refractivity contribution in [2.45, 2.75) is 38.2 Å². The van der Waals surface area contributed by atoms with Gasteiger partial charge in [-0.1, -0.05) is 13.3 Å². The van der Waals surface area contributed by atoms with Gasteiger partial charge in [0.1, 0.15) is 0 Å². The van der Waals surface area contributed by atoms with Crippen molar-refractivity contribution in [1.82, 2.24) is 0 Å². The van der Waals surface area contributed by atoms with Gasteiger partial charge in [0.05, 0.1) is 51.8 Å². The normalized spacial score (nSPS) is 16.5. The lowest BCUT2D eigenvalue weighted by molar-refractivity contribution is -0.0639. The van der Waals surface area contributed by atoms with Crippen LogP contribution in [0.5, 0.6) is 0 Å². The number of hydrogen-bond acceptors (Lipinski definition) is 5. The van der Waals surface area contributed by atoms with E-state index in [4.69, 9.17) is 23.7 Å². The van der Waals surface area contributed by atoms with Crippen LogP contribution in [0.2, 0.25) is 0 Å². The molecular weight excluding hydrogens is 260 g/mol. The van der Waals surface area contributed by atoms with Crippen molar-refractivity contribution in [3.8, 4) is 0 Å². The summed E-state index contributed by atoms with van der Waals surface area (Å²) in [5.41, 5.74) is -0.0476. The molecule has 0 atom stereocenters. The lowest BCUT2D eigenvalue weighted by atomic mass is 10.3. The Morgan fingerprint density at radius 1 is 0.800 bits per heavy atom. The highest BCUT2D eigenvalue weighted by Gasteiger charge is 2.44. The maximum atomic E-state index is 5.83. The highest BCUT2D eigenvalue weighted by Crippen LogP contribution is 2.39. The Labute approximate surface area is 122 Å². The second-order valence-corrected chi connectivity index (χ2v) is 5.16. The lowest BCUT2D eigenvalue weighted by Gasteiger charge is -2.17. The first kappa shape index (κ1) is 17.9. The number of hydrogen-bond donors (Lipinski definition) is 0. The molecule has 1 aliphatic rings. The summed E-state index contributed by atoms with van der Waals surface area (Å²) in [5.74, 6) is 0. The fourth-order valence-corrected chi connectivity index (χ4v) is 1.76. The second-order valence-electron chi connectivity index (χ2n) is 5.16. The van der Waals surface area contributed by atoms with Gasteiger partial charge in [0, 0.05) is 13.7 Å². The van der Waals surface area contributed by atoms with E-state index in [0.717, 1.165) is 25.9 Å². The van der Waals surface area contributed by atoms with Gasteiger partial charge in [-0.15, -0.1) is 0 Å². The minimum atomic E-state index is -0.0476. The van der Waals surface area contributed by atoms with E-state index in [-0.39, 0.29) is 5.60 Å². The number of rotatable bonds is 15. The second kappa shape index (κ2) is 11.5. The molecule has 1 rings (SSSR count). The molecule has 1 saturated carbocycles. The molecular formula is C15H30O5. The number of unbranched alkanes of at least 4 members (excludes halogenated alkanes) is 1. The van der Waals surface area contributed by atoms with E-state index < -0.39 is 0 Å². The van der Waals surface area contributed by atoms with E-state index in [1.165, 1.54) is 6.42 Å². The van der Waals surface area contributed by atoms with Crippen LogP contribution in [0, 0.1) is 0 Å². The summed E-state index contributed by atoms with van der Waals surface area (Å²) in [6, 6.07) is 0. The van der Waals surface area contributed by atoms with Gasteiger partial charge in [0.15, 0.2) is 0 Å². The van der Waals surface area contributed by atoms with E-state index in [1.807, 2.05) is 0 Å². The minimum absolute atomic E-state index is 0.0476. The SMILES string of the molecule is CCCCOCCOCC1(OCCOCCOC)CC1. The van der Waals surface area contributed by atoms with Crippen molar-refractivity contribution in [1.29, 1.82) is 0 Å². The van der Waals surface area contributed by atoms with Crippen LogP contribution in [-0.2, 0) is 23.7 Å². The monoisotopic (exact) mass is 290 g/mol. The van der Waals surface area contributed by atoms with E-state index in [1.54, 1.807) is 7.11 Å². The molecule has 0 aliphatic heterocycles. The largest absolute Gasteiger partial charge is 0.382 e. The molecule has 0 radical (unpaired) electrons. The van der Waals surface area contributed by atoms with Crippen LogP contribution in [-0.4, -0.2) is 65.6 Å². The summed E-state index contributed by atoms with van der Waals surface area (Å²) >= 11 is 0. The molecule has 0 bridgehead atoms. The Morgan fingerprint density at radius 2 is 1.45 bits per heavy atom. The molecule has 0 heterocycles. The van der Waals surface area contributed by atoms with Crippen LogP contribution in [0.4, 0.5) is 0 Å². The minimum Gasteiger partial charge on any atom is -0.382 e. The van der Waals surface area contributed by atoms with Crippen molar-refractivity contribution in [3.63, 3.8) is 0 Å². The summed E-state index contributed by atoms with van der Waals surface area (Å²) in [6.07, 6.45) is 4.46. The molecule has 0 aromatic heterocycles. The first-order valence-corrected chi connectivity index (χ1v) is 7.69. The van der Waals surface area contributed by atoms with Crippen molar-refractivity contribution in [2.75, 3.05) is 60.0 Å². The van der Waals surface area contributed by atoms with Crippen LogP contribution in [0.3, 0.4) is 0 Å². The third kappa shape index (κ3) is 8.87. The molecule has 0 unspecified atom stereocenters. The van der Waals surface area contributed by atoms with Gasteiger partial charge in [-0.05, 0) is 19.3 Å². The molecule has 0 spiro atoms. The quantitative estimate of drug-likeness (QED) is 0.432. The summed E-state index contributed by atoms with van der Waals surface area (Å²) in [7, 11) is 1.67. The third-order valence-electron chi connectivity index (χ3n) is 3.25. The summed E-state index contributed by atoms with van der Waals surface area (Å²) in [5, 5.41) is 0. The summed E-state index contributed by atoms with van der Waals surface area (Å²) in [4.78, 5) is 0. The van der Waals surface area contributed by atoms with Crippen molar-refractivity contribution in [2.24, 2.45) is 0 Å². The molecule has 0 aromatic carbocycles. The standard InChI is InChI=1S/C15H30O5/c1-3-4-7-17-10-11-19-14-15(5-6-15)20-13-12-18-9-8-16-2/h3-14H2,1-2H3. The summed E-state index contributed by atoms with van der Waals surface area (Å²) < 4.78 is 27.2. The van der Waals surface area contributed by atoms with E-state index in [2.05, 4.69) is 6.92 Å². The summed E-state index contributed by atoms with van der Waals surface area (Å²) in [6.45, 7) is 7.49. The van der Waals surface area contributed by atoms with Crippen molar-refractivity contribution >= 4 is 0 Å². The van der Waals surface area contributed by atoms with Crippen LogP contribution in [0.15, 0.2) is 0 Å². The molecule has 0 aromatic rings. The van der Waals surface area contributed by atoms with Crippen molar-refractivity contribution < 1.29 is 23.7 Å². The Kier molecular flexibility index (Phi) is 10.2. The van der Waals surface area contributed by atoms with Gasteiger partial charge >= 0.3 is 0 Å². The predicted octanol–water partition coefficient (Wildman–Crippen LogP) is 2.03. The topological polar surface area (TPSA) is 46.2 Å². The molecule has 20 heavy (non-hydrogen) atoms. The molecule has 0 saturated heterocycles. The maximum Gasteiger partial charge on any atom is 0.0918 e. The first-order valence-electron chi connectivity index (χ1n) is 7.69. The Morgan fingerprint density at radius 3 is 2.15 bits per heavy atom. The van der Waals surface area contributed by atoms with Crippen molar-refractivity contribution in [3.05, 3.63) is 0 Å². The van der Waals surface area contributed by atoms with Gasteiger partial charge in [-0.25, -0.2) is 0 Å². The zero-order chi connectivity index (χ0) is 14.5. The van der Waals surface area contributed by atoms with Gasteiger partial charge in [0.2, 0.25) is 0 Å². The Balaban J connectivity index is 1.87.